The molecule has 1 aliphatic rings. The summed E-state index contributed by atoms with van der Waals surface area (Å²) in [6, 6.07) is 10.2. The van der Waals surface area contributed by atoms with Crippen molar-refractivity contribution in [2.24, 2.45) is 0 Å². The van der Waals surface area contributed by atoms with E-state index >= 15 is 0 Å². The van der Waals surface area contributed by atoms with E-state index in [4.69, 9.17) is 4.74 Å². The Bertz CT molecular complexity index is 313. The molecule has 1 heteroatoms. The van der Waals surface area contributed by atoms with Crippen LogP contribution in [0.5, 0.6) is 0 Å². The van der Waals surface area contributed by atoms with Crippen molar-refractivity contribution in [1.29, 1.82) is 0 Å². The van der Waals surface area contributed by atoms with E-state index in [2.05, 4.69) is 30.9 Å². The number of hydrogen-bond acceptors (Lipinski definition) is 1. The van der Waals surface area contributed by atoms with Gasteiger partial charge in [-0.15, -0.1) is 6.58 Å². The molecular weight excluding hydrogens is 160 g/mol. The average molecular weight is 172 g/mol. The summed E-state index contributed by atoms with van der Waals surface area (Å²) in [5.41, 5.74) is 1.21. The van der Waals surface area contributed by atoms with Gasteiger partial charge in [0.25, 0.3) is 0 Å². The lowest BCUT2D eigenvalue weighted by molar-refractivity contribution is 0.414. The number of ether oxygens (including phenoxy) is 1. The first kappa shape index (κ1) is 8.27. The van der Waals surface area contributed by atoms with Crippen molar-refractivity contribution >= 4 is 6.08 Å². The summed E-state index contributed by atoms with van der Waals surface area (Å²) in [6.07, 6.45) is 6.47. The molecule has 1 aromatic rings. The van der Waals surface area contributed by atoms with E-state index in [1.54, 1.807) is 0 Å². The molecular formula is C12H12O. The molecule has 1 heterocycles. The Morgan fingerprint density at radius 1 is 1.15 bits per heavy atom. The molecule has 0 amide bonds. The van der Waals surface area contributed by atoms with Gasteiger partial charge in [0.1, 0.15) is 12.2 Å². The van der Waals surface area contributed by atoms with Gasteiger partial charge in [-0.05, 0) is 5.56 Å². The molecule has 2 atom stereocenters. The quantitative estimate of drug-likeness (QED) is 0.504. The van der Waals surface area contributed by atoms with Gasteiger partial charge in [-0.3, -0.25) is 0 Å². The molecule has 1 aliphatic heterocycles. The molecule has 0 radical (unpaired) electrons. The zero-order chi connectivity index (χ0) is 9.10. The second-order valence-corrected chi connectivity index (χ2v) is 3.07. The first-order valence-electron chi connectivity index (χ1n) is 4.41. The normalized spacial score (nSPS) is 26.2. The fraction of sp³-hybridized carbons (Fsp3) is 0.167. The van der Waals surface area contributed by atoms with E-state index in [1.807, 2.05) is 24.3 Å². The molecule has 66 valence electrons. The first-order chi connectivity index (χ1) is 6.40. The predicted octanol–water partition coefficient (Wildman–Crippen LogP) is 2.65. The zero-order valence-electron chi connectivity index (χ0n) is 7.39. The molecule has 0 saturated carbocycles. The van der Waals surface area contributed by atoms with Crippen LogP contribution in [0.25, 0.3) is 6.08 Å². The minimum atomic E-state index is 0.236. The third-order valence-electron chi connectivity index (χ3n) is 2.07. The predicted molar refractivity (Wildman–Crippen MR) is 54.3 cm³/mol. The lowest BCUT2D eigenvalue weighted by atomic mass is 10.2. The molecule has 0 aliphatic carbocycles. The Morgan fingerprint density at radius 3 is 2.54 bits per heavy atom. The maximum absolute atomic E-state index is 5.28. The highest BCUT2D eigenvalue weighted by atomic mass is 16.6. The third kappa shape index (κ3) is 2.07. The smallest absolute Gasteiger partial charge is 0.107 e. The Labute approximate surface area is 78.3 Å². The lowest BCUT2D eigenvalue weighted by Crippen LogP contribution is -1.82. The van der Waals surface area contributed by atoms with Crippen molar-refractivity contribution in [2.45, 2.75) is 12.2 Å². The minimum absolute atomic E-state index is 0.236. The second kappa shape index (κ2) is 3.58. The van der Waals surface area contributed by atoms with Gasteiger partial charge in [0.15, 0.2) is 0 Å². The summed E-state index contributed by atoms with van der Waals surface area (Å²) in [6.45, 7) is 3.67. The van der Waals surface area contributed by atoms with Crippen molar-refractivity contribution in [1.82, 2.24) is 0 Å². The molecule has 1 nitrogen and oxygen atoms in total. The molecule has 1 saturated heterocycles. The maximum atomic E-state index is 5.28. The average Bonchev–Trinajstić information content (AvgIpc) is 2.95. The van der Waals surface area contributed by atoms with E-state index in [9.17, 15) is 0 Å². The van der Waals surface area contributed by atoms with Gasteiger partial charge >= 0.3 is 0 Å². The van der Waals surface area contributed by atoms with Crippen molar-refractivity contribution in [3.05, 3.63) is 54.6 Å². The van der Waals surface area contributed by atoms with Crippen LogP contribution in [0, 0.1) is 0 Å². The van der Waals surface area contributed by atoms with Gasteiger partial charge in [-0.2, -0.15) is 0 Å². The number of epoxide rings is 1. The highest BCUT2D eigenvalue weighted by Crippen LogP contribution is 2.24. The Kier molecular flexibility index (Phi) is 2.28. The Balaban J connectivity index is 1.96. The summed E-state index contributed by atoms with van der Waals surface area (Å²) < 4.78 is 5.28. The van der Waals surface area contributed by atoms with E-state index in [1.165, 1.54) is 5.56 Å². The first-order valence-corrected chi connectivity index (χ1v) is 4.41. The molecule has 13 heavy (non-hydrogen) atoms. The summed E-state index contributed by atoms with van der Waals surface area (Å²) in [5.74, 6) is 0. The third-order valence-corrected chi connectivity index (χ3v) is 2.07. The van der Waals surface area contributed by atoms with E-state index in [0.717, 1.165) is 0 Å². The van der Waals surface area contributed by atoms with Gasteiger partial charge in [-0.25, -0.2) is 0 Å². The van der Waals surface area contributed by atoms with Gasteiger partial charge in [0.2, 0.25) is 0 Å². The largest absolute Gasteiger partial charge is 0.361 e. The van der Waals surface area contributed by atoms with Crippen LogP contribution in [0.2, 0.25) is 0 Å². The van der Waals surface area contributed by atoms with E-state index in [0.29, 0.717) is 0 Å². The fourth-order valence-corrected chi connectivity index (χ4v) is 1.25. The van der Waals surface area contributed by atoms with Gasteiger partial charge < -0.3 is 4.74 Å². The summed E-state index contributed by atoms with van der Waals surface area (Å²) in [5, 5.41) is 0. The van der Waals surface area contributed by atoms with Gasteiger partial charge in [-0.1, -0.05) is 48.6 Å². The summed E-state index contributed by atoms with van der Waals surface area (Å²) in [4.78, 5) is 0. The number of rotatable bonds is 3. The van der Waals surface area contributed by atoms with Crippen molar-refractivity contribution in [2.75, 3.05) is 0 Å². The summed E-state index contributed by atoms with van der Waals surface area (Å²) in [7, 11) is 0. The van der Waals surface area contributed by atoms with Gasteiger partial charge in [0, 0.05) is 0 Å². The SMILES string of the molecule is C=C[C@@H]1O[C@H]1/C=C/c1ccccc1. The Morgan fingerprint density at radius 2 is 1.92 bits per heavy atom. The van der Waals surface area contributed by atoms with Gasteiger partial charge in [0.05, 0.1) is 0 Å². The van der Waals surface area contributed by atoms with Crippen molar-refractivity contribution < 1.29 is 4.74 Å². The highest BCUT2D eigenvalue weighted by Gasteiger charge is 2.32. The Hall–Kier alpha value is -1.34. The molecule has 0 bridgehead atoms. The second-order valence-electron chi connectivity index (χ2n) is 3.07. The standard InChI is InChI=1S/C12H12O/c1-2-11-12(13-11)9-8-10-6-4-3-5-7-10/h2-9,11-12H,1H2/b9-8+/t11-,12-/m0/s1. The van der Waals surface area contributed by atoms with Crippen LogP contribution in [0.4, 0.5) is 0 Å². The van der Waals surface area contributed by atoms with Crippen LogP contribution in [0.15, 0.2) is 49.1 Å². The van der Waals surface area contributed by atoms with Crippen LogP contribution in [0.1, 0.15) is 5.56 Å². The topological polar surface area (TPSA) is 12.5 Å². The number of hydrogen-bond donors (Lipinski definition) is 0. The lowest BCUT2D eigenvalue weighted by Gasteiger charge is -1.88. The van der Waals surface area contributed by atoms with Crippen LogP contribution < -0.4 is 0 Å². The molecule has 2 rings (SSSR count). The highest BCUT2D eigenvalue weighted by molar-refractivity contribution is 5.50. The van der Waals surface area contributed by atoms with Crippen molar-refractivity contribution in [3.63, 3.8) is 0 Å². The molecule has 0 spiro atoms. The van der Waals surface area contributed by atoms with Crippen LogP contribution in [0.3, 0.4) is 0 Å². The minimum Gasteiger partial charge on any atom is -0.361 e. The van der Waals surface area contributed by atoms with Crippen LogP contribution >= 0.6 is 0 Å². The molecule has 1 aromatic carbocycles. The zero-order valence-corrected chi connectivity index (χ0v) is 7.39. The molecule has 0 aromatic heterocycles. The van der Waals surface area contributed by atoms with Crippen molar-refractivity contribution in [3.8, 4) is 0 Å². The van der Waals surface area contributed by atoms with E-state index in [-0.39, 0.29) is 12.2 Å². The molecule has 1 fully saturated rings. The monoisotopic (exact) mass is 172 g/mol. The maximum Gasteiger partial charge on any atom is 0.107 e. The fourth-order valence-electron chi connectivity index (χ4n) is 1.25. The number of benzene rings is 1. The van der Waals surface area contributed by atoms with E-state index < -0.39 is 0 Å². The summed E-state index contributed by atoms with van der Waals surface area (Å²) >= 11 is 0. The van der Waals surface area contributed by atoms with Crippen LogP contribution in [-0.4, -0.2) is 12.2 Å². The van der Waals surface area contributed by atoms with Crippen LogP contribution in [-0.2, 0) is 4.74 Å². The molecule has 0 N–H and O–H groups in total. The molecule has 0 unspecified atom stereocenters.